The van der Waals surface area contributed by atoms with Crippen LogP contribution in [0, 0.1) is 0 Å². The van der Waals surface area contributed by atoms with Gasteiger partial charge in [-0.25, -0.2) is 0 Å². The van der Waals surface area contributed by atoms with Crippen molar-refractivity contribution >= 4 is 44.6 Å². The Balaban J connectivity index is 1.15. The molecule has 0 aliphatic heterocycles. The molecule has 0 bridgehead atoms. The number of rotatable bonds is 4. The molecule has 9 aromatic rings. The Morgan fingerprint density at radius 2 is 0.821 bits per heavy atom. The zero-order valence-electron chi connectivity index (χ0n) is 30.9. The Morgan fingerprint density at radius 1 is 0.375 bits per heavy atom. The Hall–Kier alpha value is -7.22. The summed E-state index contributed by atoms with van der Waals surface area (Å²) in [5.74, 6) is 0. The van der Waals surface area contributed by atoms with Gasteiger partial charge in [0.05, 0.1) is 16.6 Å². The standard InChI is InChI=1S/C55H37N/c1-3-39-40-17-5-6-18-41(40)42-19-7-8-20-43(42)48-24-12-16-28-54(48)56(53(39)4-2)38-32-29-36(30-33-38)37-31-34-47-46-23-11-15-27-51(46)55(52(47)35-37)49-25-13-9-21-44(49)45-22-10-14-26-50(45)55/h3-35H,1-2H2. The highest BCUT2D eigenvalue weighted by Gasteiger charge is 2.51. The lowest BCUT2D eigenvalue weighted by atomic mass is 9.70. The smallest absolute Gasteiger partial charge is 0.0725 e. The highest BCUT2D eigenvalue weighted by molar-refractivity contribution is 6.15. The first kappa shape index (κ1) is 32.2. The van der Waals surface area contributed by atoms with E-state index < -0.39 is 0 Å². The topological polar surface area (TPSA) is 4.93 Å². The number of hydrogen-bond acceptors (Lipinski definition) is 0. The van der Waals surface area contributed by atoms with E-state index in [0.29, 0.717) is 0 Å². The van der Waals surface area contributed by atoms with Gasteiger partial charge in [0.2, 0.25) is 0 Å². The van der Waals surface area contributed by atoms with Crippen molar-refractivity contribution in [2.45, 2.75) is 5.41 Å². The second kappa shape index (κ2) is 12.4. The molecule has 0 unspecified atom stereocenters. The molecule has 0 fully saturated rings. The molecule has 1 heteroatoms. The van der Waals surface area contributed by atoms with E-state index in [9.17, 15) is 0 Å². The molecule has 1 heterocycles. The second-order valence-electron chi connectivity index (χ2n) is 14.8. The fourth-order valence-electron chi connectivity index (χ4n) is 9.96. The van der Waals surface area contributed by atoms with Crippen molar-refractivity contribution in [3.05, 3.63) is 235 Å². The van der Waals surface area contributed by atoms with E-state index in [0.717, 1.165) is 33.2 Å². The SMILES string of the molecule is C=Cc1c(C=C)n(-c2ccc(-c3ccc4c(c3)C3(c5ccccc5-c5ccccc53)c3ccccc3-4)cc2)c2ccccc2c2ccccc2c2ccccc12. The molecule has 1 nitrogen and oxygen atoms in total. The third-order valence-corrected chi connectivity index (χ3v) is 12.2. The van der Waals surface area contributed by atoms with Crippen LogP contribution in [0.4, 0.5) is 0 Å². The summed E-state index contributed by atoms with van der Waals surface area (Å²) in [5.41, 5.74) is 16.8. The first-order valence-corrected chi connectivity index (χ1v) is 19.3. The molecule has 0 atom stereocenters. The maximum Gasteiger partial charge on any atom is 0.0725 e. The van der Waals surface area contributed by atoms with Crippen LogP contribution in [0.2, 0.25) is 0 Å². The lowest BCUT2D eigenvalue weighted by molar-refractivity contribution is 0.794. The minimum absolute atomic E-state index is 0.376. The van der Waals surface area contributed by atoms with Crippen LogP contribution in [0.25, 0.3) is 83.7 Å². The number of benzene rings is 8. The minimum atomic E-state index is -0.376. The summed E-state index contributed by atoms with van der Waals surface area (Å²) in [6.45, 7) is 8.74. The van der Waals surface area contributed by atoms with Crippen LogP contribution in [0.3, 0.4) is 0 Å². The van der Waals surface area contributed by atoms with Crippen LogP contribution in [-0.2, 0) is 5.41 Å². The van der Waals surface area contributed by atoms with Gasteiger partial charge in [-0.2, -0.15) is 0 Å². The molecule has 262 valence electrons. The average Bonchev–Trinajstić information content (AvgIpc) is 3.75. The fourth-order valence-corrected chi connectivity index (χ4v) is 9.96. The van der Waals surface area contributed by atoms with E-state index >= 15 is 0 Å². The lowest BCUT2D eigenvalue weighted by Crippen LogP contribution is -2.25. The molecular formula is C55H37N. The maximum absolute atomic E-state index is 4.39. The minimum Gasteiger partial charge on any atom is -0.309 e. The maximum atomic E-state index is 4.39. The summed E-state index contributed by atoms with van der Waals surface area (Å²) in [6, 6.07) is 69.2. The van der Waals surface area contributed by atoms with Crippen LogP contribution < -0.4 is 0 Å². The highest BCUT2D eigenvalue weighted by Crippen LogP contribution is 2.63. The van der Waals surface area contributed by atoms with Gasteiger partial charge in [0.15, 0.2) is 0 Å². The third kappa shape index (κ3) is 4.37. The molecular weight excluding hydrogens is 675 g/mol. The highest BCUT2D eigenvalue weighted by atomic mass is 15.0. The summed E-state index contributed by atoms with van der Waals surface area (Å²) in [6.07, 6.45) is 3.95. The molecule has 8 aromatic carbocycles. The fraction of sp³-hybridized carbons (Fsp3) is 0.0182. The van der Waals surface area contributed by atoms with Gasteiger partial charge in [0, 0.05) is 16.6 Å². The number of aromatic nitrogens is 1. The van der Waals surface area contributed by atoms with Crippen molar-refractivity contribution in [3.63, 3.8) is 0 Å². The van der Waals surface area contributed by atoms with Gasteiger partial charge in [0.25, 0.3) is 0 Å². The molecule has 0 saturated carbocycles. The van der Waals surface area contributed by atoms with Gasteiger partial charge >= 0.3 is 0 Å². The van der Waals surface area contributed by atoms with Crippen molar-refractivity contribution in [2.24, 2.45) is 0 Å². The second-order valence-corrected chi connectivity index (χ2v) is 14.8. The largest absolute Gasteiger partial charge is 0.309 e. The van der Waals surface area contributed by atoms with Crippen LogP contribution in [0.15, 0.2) is 201 Å². The van der Waals surface area contributed by atoms with Gasteiger partial charge in [-0.1, -0.05) is 183 Å². The molecule has 0 saturated heterocycles. The van der Waals surface area contributed by atoms with Crippen LogP contribution >= 0.6 is 0 Å². The summed E-state index contributed by atoms with van der Waals surface area (Å²) in [5, 5.41) is 5.84. The number of para-hydroxylation sites is 1. The van der Waals surface area contributed by atoms with Crippen LogP contribution in [0.5, 0.6) is 0 Å². The predicted octanol–water partition coefficient (Wildman–Crippen LogP) is 14.4. The van der Waals surface area contributed by atoms with E-state index in [2.05, 4.69) is 206 Å². The van der Waals surface area contributed by atoms with Crippen LogP contribution in [0.1, 0.15) is 33.5 Å². The van der Waals surface area contributed by atoms with Crippen molar-refractivity contribution in [3.8, 4) is 39.1 Å². The Bertz CT molecular complexity index is 3110. The van der Waals surface area contributed by atoms with Gasteiger partial charge < -0.3 is 4.57 Å². The monoisotopic (exact) mass is 711 g/mol. The number of fused-ring (bicyclic) bond motifs is 15. The molecule has 11 rings (SSSR count). The van der Waals surface area contributed by atoms with E-state index in [4.69, 9.17) is 0 Å². The Labute approximate surface area is 327 Å². The van der Waals surface area contributed by atoms with Gasteiger partial charge in [0.1, 0.15) is 0 Å². The van der Waals surface area contributed by atoms with Crippen LogP contribution in [-0.4, -0.2) is 4.57 Å². The molecule has 0 N–H and O–H groups in total. The zero-order chi connectivity index (χ0) is 37.4. The first-order chi connectivity index (χ1) is 27.7. The summed E-state index contributed by atoms with van der Waals surface area (Å²) < 4.78 is 2.35. The van der Waals surface area contributed by atoms with E-state index in [-0.39, 0.29) is 5.41 Å². The summed E-state index contributed by atoms with van der Waals surface area (Å²) in [4.78, 5) is 0. The van der Waals surface area contributed by atoms with Gasteiger partial charge in [-0.3, -0.25) is 0 Å². The van der Waals surface area contributed by atoms with Crippen molar-refractivity contribution in [1.29, 1.82) is 0 Å². The summed E-state index contributed by atoms with van der Waals surface area (Å²) in [7, 11) is 0. The lowest BCUT2D eigenvalue weighted by Gasteiger charge is -2.30. The Morgan fingerprint density at radius 3 is 1.39 bits per heavy atom. The molecule has 1 aromatic heterocycles. The predicted molar refractivity (Wildman–Crippen MR) is 238 cm³/mol. The molecule has 0 radical (unpaired) electrons. The molecule has 2 aliphatic rings. The normalized spacial score (nSPS) is 12.9. The van der Waals surface area contributed by atoms with E-state index in [1.807, 2.05) is 12.2 Å². The Kier molecular flexibility index (Phi) is 7.14. The number of nitrogens with zero attached hydrogens (tertiary/aromatic N) is 1. The third-order valence-electron chi connectivity index (χ3n) is 12.2. The van der Waals surface area contributed by atoms with Gasteiger partial charge in [-0.05, 0) is 108 Å². The molecule has 0 amide bonds. The van der Waals surface area contributed by atoms with Crippen molar-refractivity contribution in [1.82, 2.24) is 4.57 Å². The van der Waals surface area contributed by atoms with E-state index in [1.54, 1.807) is 0 Å². The van der Waals surface area contributed by atoms with Gasteiger partial charge in [-0.15, -0.1) is 0 Å². The molecule has 56 heavy (non-hydrogen) atoms. The quantitative estimate of drug-likeness (QED) is 0.171. The first-order valence-electron chi connectivity index (χ1n) is 19.3. The number of hydrogen-bond donors (Lipinski definition) is 0. The molecule has 2 aliphatic carbocycles. The zero-order valence-corrected chi connectivity index (χ0v) is 30.9. The van der Waals surface area contributed by atoms with Crippen molar-refractivity contribution < 1.29 is 0 Å². The summed E-state index contributed by atoms with van der Waals surface area (Å²) >= 11 is 0. The van der Waals surface area contributed by atoms with E-state index in [1.165, 1.54) is 71.8 Å². The average molecular weight is 712 g/mol. The molecule has 1 spiro atoms. The van der Waals surface area contributed by atoms with Crippen molar-refractivity contribution in [2.75, 3.05) is 0 Å².